The number of hydrogen-bond donors (Lipinski definition) is 1. The highest BCUT2D eigenvalue weighted by Gasteiger charge is 2.44. The maximum Gasteiger partial charge on any atom is 0.573 e. The Morgan fingerprint density at radius 1 is 1.23 bits per heavy atom. The van der Waals surface area contributed by atoms with Gasteiger partial charge in [-0.25, -0.2) is 9.97 Å². The third-order valence-corrected chi connectivity index (χ3v) is 6.61. The molecule has 0 aliphatic carbocycles. The lowest BCUT2D eigenvalue weighted by Gasteiger charge is -2.37. The van der Waals surface area contributed by atoms with E-state index < -0.39 is 12.4 Å². The van der Waals surface area contributed by atoms with Crippen LogP contribution in [0.3, 0.4) is 0 Å². The number of rotatable bonds is 2. The van der Waals surface area contributed by atoms with Crippen molar-refractivity contribution in [2.45, 2.75) is 38.3 Å². The second-order valence-corrected chi connectivity index (χ2v) is 8.79. The van der Waals surface area contributed by atoms with Crippen LogP contribution >= 0.6 is 0 Å². The highest BCUT2D eigenvalue weighted by Crippen LogP contribution is 2.46. The Morgan fingerprint density at radius 3 is 2.86 bits per heavy atom. The largest absolute Gasteiger partial charge is 0.573 e. The van der Waals surface area contributed by atoms with E-state index in [2.05, 4.69) is 14.7 Å². The van der Waals surface area contributed by atoms with Gasteiger partial charge in [-0.2, -0.15) is 0 Å². The Morgan fingerprint density at radius 2 is 2.06 bits per heavy atom. The Kier molecular flexibility index (Phi) is 4.60. The van der Waals surface area contributed by atoms with E-state index in [0.29, 0.717) is 58.6 Å². The van der Waals surface area contributed by atoms with Crippen molar-refractivity contribution >= 4 is 28.3 Å². The number of anilines is 1. The maximum atomic E-state index is 13.8. The molecule has 2 aromatic heterocycles. The van der Waals surface area contributed by atoms with Crippen LogP contribution in [0.25, 0.3) is 16.6 Å². The van der Waals surface area contributed by atoms with Crippen molar-refractivity contribution in [3.8, 4) is 11.5 Å². The number of fused-ring (bicyclic) bond motifs is 6. The molecule has 4 aromatic rings. The molecule has 0 spiro atoms. The monoisotopic (exact) mass is 483 g/mol. The average molecular weight is 483 g/mol. The number of halogens is 3. The van der Waals surface area contributed by atoms with Crippen LogP contribution in [0.5, 0.6) is 11.5 Å². The Bertz CT molecular complexity index is 1500. The molecule has 0 saturated carbocycles. The van der Waals surface area contributed by atoms with Gasteiger partial charge in [-0.15, -0.1) is 13.2 Å². The van der Waals surface area contributed by atoms with Crippen LogP contribution < -0.4 is 15.2 Å². The third-order valence-electron chi connectivity index (χ3n) is 6.61. The van der Waals surface area contributed by atoms with Gasteiger partial charge in [0, 0.05) is 23.7 Å². The van der Waals surface area contributed by atoms with Gasteiger partial charge in [-0.05, 0) is 49.6 Å². The SMILES string of the molecule is Cc1cc2nc(N)c3cncn3c2cc1C(=O)N1CCCC2Oc3cc(OC(F)(F)F)ccc3C21. The van der Waals surface area contributed by atoms with Crippen LogP contribution in [-0.2, 0) is 0 Å². The van der Waals surface area contributed by atoms with Crippen LogP contribution in [0.2, 0.25) is 0 Å². The molecular weight excluding hydrogens is 463 g/mol. The summed E-state index contributed by atoms with van der Waals surface area (Å²) >= 11 is 0. The van der Waals surface area contributed by atoms with Crippen molar-refractivity contribution < 1.29 is 27.4 Å². The first kappa shape index (κ1) is 21.5. The van der Waals surface area contributed by atoms with Gasteiger partial charge in [0.15, 0.2) is 0 Å². The van der Waals surface area contributed by atoms with Crippen LogP contribution in [0.1, 0.15) is 40.4 Å². The van der Waals surface area contributed by atoms with Gasteiger partial charge in [-0.3, -0.25) is 9.20 Å². The standard InChI is InChI=1S/C24H20F3N5O3/c1-12-7-16-17(32-11-29-10-18(32)22(28)30-16)9-15(12)23(33)31-6-2-3-19-21(31)14-5-4-13(8-20(14)34-19)35-24(25,26)27/h4-5,7-11,19,21H,2-3,6H2,1H3,(H2,28,30). The molecule has 8 nitrogen and oxygen atoms in total. The summed E-state index contributed by atoms with van der Waals surface area (Å²) in [6.45, 7) is 2.34. The van der Waals surface area contributed by atoms with E-state index in [0.717, 1.165) is 5.56 Å². The first-order valence-electron chi connectivity index (χ1n) is 11.1. The zero-order valence-corrected chi connectivity index (χ0v) is 18.5. The van der Waals surface area contributed by atoms with Gasteiger partial charge in [-0.1, -0.05) is 0 Å². The number of aryl methyl sites for hydroxylation is 1. The molecule has 2 aliphatic rings. The van der Waals surface area contributed by atoms with Gasteiger partial charge in [0.25, 0.3) is 5.91 Å². The second kappa shape index (κ2) is 7.49. The Balaban J connectivity index is 1.39. The predicted octanol–water partition coefficient (Wildman–Crippen LogP) is 4.41. The number of hydrogen-bond acceptors (Lipinski definition) is 6. The zero-order valence-electron chi connectivity index (χ0n) is 18.5. The number of piperidine rings is 1. The summed E-state index contributed by atoms with van der Waals surface area (Å²) in [7, 11) is 0. The smallest absolute Gasteiger partial charge is 0.487 e. The molecule has 6 rings (SSSR count). The van der Waals surface area contributed by atoms with Crippen molar-refractivity contribution in [3.05, 3.63) is 59.5 Å². The van der Waals surface area contributed by atoms with Crippen molar-refractivity contribution in [1.82, 2.24) is 19.3 Å². The molecule has 4 heterocycles. The summed E-state index contributed by atoms with van der Waals surface area (Å²) in [6, 6.07) is 7.23. The minimum atomic E-state index is -4.80. The summed E-state index contributed by atoms with van der Waals surface area (Å²) in [5.74, 6) is 0.114. The number of ether oxygens (including phenoxy) is 2. The maximum absolute atomic E-state index is 13.8. The summed E-state index contributed by atoms with van der Waals surface area (Å²) in [5.41, 5.74) is 9.95. The van der Waals surface area contributed by atoms with Crippen LogP contribution in [-0.4, -0.2) is 44.2 Å². The highest BCUT2D eigenvalue weighted by molar-refractivity contribution is 6.00. The molecule has 2 aliphatic heterocycles. The average Bonchev–Trinajstić information content (AvgIpc) is 3.42. The van der Waals surface area contributed by atoms with Gasteiger partial charge in [0.05, 0.1) is 29.6 Å². The van der Waals surface area contributed by atoms with E-state index in [1.165, 1.54) is 12.1 Å². The fraction of sp³-hybridized carbons (Fsp3) is 0.292. The van der Waals surface area contributed by atoms with Crippen LogP contribution in [0.15, 0.2) is 42.9 Å². The molecule has 35 heavy (non-hydrogen) atoms. The number of imidazole rings is 1. The Labute approximate surface area is 197 Å². The van der Waals surface area contributed by atoms with E-state index in [4.69, 9.17) is 10.5 Å². The number of nitrogens with two attached hydrogens (primary N) is 1. The molecule has 1 saturated heterocycles. The molecule has 0 bridgehead atoms. The number of aromatic nitrogens is 3. The molecule has 180 valence electrons. The first-order chi connectivity index (χ1) is 16.7. The summed E-state index contributed by atoms with van der Waals surface area (Å²) < 4.78 is 49.8. The number of alkyl halides is 3. The van der Waals surface area contributed by atoms with Gasteiger partial charge < -0.3 is 20.1 Å². The lowest BCUT2D eigenvalue weighted by Crippen LogP contribution is -2.44. The van der Waals surface area contributed by atoms with Crippen molar-refractivity contribution in [3.63, 3.8) is 0 Å². The third kappa shape index (κ3) is 3.49. The minimum absolute atomic E-state index is 0.184. The van der Waals surface area contributed by atoms with Gasteiger partial charge in [0.2, 0.25) is 0 Å². The predicted molar refractivity (Wildman–Crippen MR) is 120 cm³/mol. The van der Waals surface area contributed by atoms with Gasteiger partial charge in [0.1, 0.15) is 28.9 Å². The fourth-order valence-corrected chi connectivity index (χ4v) is 5.11. The minimum Gasteiger partial charge on any atom is -0.487 e. The van der Waals surface area contributed by atoms with Crippen LogP contribution in [0, 0.1) is 6.92 Å². The van der Waals surface area contributed by atoms with Crippen LogP contribution in [0.4, 0.5) is 19.0 Å². The van der Waals surface area contributed by atoms with E-state index in [9.17, 15) is 18.0 Å². The fourth-order valence-electron chi connectivity index (χ4n) is 5.11. The molecule has 1 amide bonds. The van der Waals surface area contributed by atoms with E-state index in [-0.39, 0.29) is 17.8 Å². The number of carbonyl (C=O) groups excluding carboxylic acids is 1. The van der Waals surface area contributed by atoms with E-state index >= 15 is 0 Å². The quantitative estimate of drug-likeness (QED) is 0.454. The number of amides is 1. The number of likely N-dealkylation sites (tertiary alicyclic amines) is 1. The summed E-state index contributed by atoms with van der Waals surface area (Å²) in [4.78, 5) is 24.2. The van der Waals surface area contributed by atoms with E-state index in [1.54, 1.807) is 34.0 Å². The van der Waals surface area contributed by atoms with E-state index in [1.807, 2.05) is 13.0 Å². The van der Waals surface area contributed by atoms with Gasteiger partial charge >= 0.3 is 6.36 Å². The second-order valence-electron chi connectivity index (χ2n) is 8.79. The molecule has 0 radical (unpaired) electrons. The number of carbonyl (C=O) groups is 1. The molecule has 2 aromatic carbocycles. The van der Waals surface area contributed by atoms with Crippen molar-refractivity contribution in [2.24, 2.45) is 0 Å². The first-order valence-corrected chi connectivity index (χ1v) is 11.1. The normalized spacial score (nSPS) is 19.5. The topological polar surface area (TPSA) is 95.0 Å². The number of nitrogens with zero attached hydrogens (tertiary/aromatic N) is 4. The molecule has 2 N–H and O–H groups in total. The number of nitrogen functional groups attached to an aromatic ring is 1. The number of benzene rings is 2. The lowest BCUT2D eigenvalue weighted by molar-refractivity contribution is -0.274. The highest BCUT2D eigenvalue weighted by atomic mass is 19.4. The summed E-state index contributed by atoms with van der Waals surface area (Å²) in [5, 5.41) is 0. The molecule has 1 fully saturated rings. The molecule has 2 unspecified atom stereocenters. The Hall–Kier alpha value is -4.02. The zero-order chi connectivity index (χ0) is 24.5. The van der Waals surface area contributed by atoms with Crippen molar-refractivity contribution in [2.75, 3.05) is 12.3 Å². The molecule has 2 atom stereocenters. The summed E-state index contributed by atoms with van der Waals surface area (Å²) in [6.07, 6.45) is -0.501. The lowest BCUT2D eigenvalue weighted by atomic mass is 9.93. The van der Waals surface area contributed by atoms with Crippen molar-refractivity contribution in [1.29, 1.82) is 0 Å². The molecular formula is C24H20F3N5O3. The molecule has 11 heteroatoms.